The Bertz CT molecular complexity index is 768. The van der Waals surface area contributed by atoms with Crippen LogP contribution >= 0.6 is 11.6 Å². The third kappa shape index (κ3) is 4.46. The predicted molar refractivity (Wildman–Crippen MR) is 76.7 cm³/mol. The zero-order valence-corrected chi connectivity index (χ0v) is 12.2. The first-order chi connectivity index (χ1) is 10.9. The van der Waals surface area contributed by atoms with Crippen LogP contribution in [0.25, 0.3) is 0 Å². The van der Waals surface area contributed by atoms with E-state index in [0.29, 0.717) is 6.07 Å². The number of carbonyl (C=O) groups excluding carboxylic acids is 2. The molecule has 120 valence electrons. The van der Waals surface area contributed by atoms with Crippen LogP contribution < -0.4 is 5.32 Å². The zero-order valence-electron chi connectivity index (χ0n) is 11.4. The van der Waals surface area contributed by atoms with E-state index in [9.17, 15) is 22.8 Å². The van der Waals surface area contributed by atoms with E-state index in [0.717, 1.165) is 24.3 Å². The Hall–Kier alpha value is -2.54. The van der Waals surface area contributed by atoms with Gasteiger partial charge >= 0.3 is 5.97 Å². The molecule has 0 fully saturated rings. The second-order valence-electron chi connectivity index (χ2n) is 4.37. The van der Waals surface area contributed by atoms with Crippen molar-refractivity contribution in [1.29, 1.82) is 0 Å². The van der Waals surface area contributed by atoms with Crippen molar-refractivity contribution in [2.75, 3.05) is 11.9 Å². The average molecular weight is 344 g/mol. The summed E-state index contributed by atoms with van der Waals surface area (Å²) < 4.78 is 43.8. The molecule has 0 aliphatic heterocycles. The Morgan fingerprint density at radius 1 is 1.04 bits per heavy atom. The molecule has 4 nitrogen and oxygen atoms in total. The van der Waals surface area contributed by atoms with Gasteiger partial charge in [0.1, 0.15) is 17.5 Å². The van der Waals surface area contributed by atoms with Gasteiger partial charge in [-0.2, -0.15) is 0 Å². The molecule has 0 unspecified atom stereocenters. The maximum atomic E-state index is 13.4. The molecule has 0 aromatic heterocycles. The quantitative estimate of drug-likeness (QED) is 0.864. The molecule has 8 heteroatoms. The van der Waals surface area contributed by atoms with Crippen molar-refractivity contribution in [1.82, 2.24) is 0 Å². The number of carbonyl (C=O) groups is 2. The number of nitrogens with one attached hydrogen (secondary N) is 1. The number of ether oxygens (including phenoxy) is 1. The van der Waals surface area contributed by atoms with Crippen LogP contribution in [0.5, 0.6) is 0 Å². The number of esters is 1. The van der Waals surface area contributed by atoms with E-state index in [1.54, 1.807) is 0 Å². The molecular formula is C15H9ClF3NO3. The topological polar surface area (TPSA) is 55.4 Å². The first-order valence-corrected chi connectivity index (χ1v) is 6.61. The van der Waals surface area contributed by atoms with E-state index in [-0.39, 0.29) is 10.7 Å². The third-order valence-electron chi connectivity index (χ3n) is 2.69. The smallest absolute Gasteiger partial charge is 0.341 e. The maximum absolute atomic E-state index is 13.4. The Morgan fingerprint density at radius 3 is 2.39 bits per heavy atom. The highest BCUT2D eigenvalue weighted by molar-refractivity contribution is 6.33. The van der Waals surface area contributed by atoms with Crippen molar-refractivity contribution >= 4 is 29.2 Å². The molecule has 2 aromatic carbocycles. The van der Waals surface area contributed by atoms with Crippen LogP contribution in [-0.4, -0.2) is 18.5 Å². The maximum Gasteiger partial charge on any atom is 0.341 e. The molecule has 0 radical (unpaired) electrons. The molecule has 0 saturated carbocycles. The van der Waals surface area contributed by atoms with Crippen molar-refractivity contribution in [2.24, 2.45) is 0 Å². The summed E-state index contributed by atoms with van der Waals surface area (Å²) in [7, 11) is 0. The predicted octanol–water partition coefficient (Wildman–Crippen LogP) is 3.55. The van der Waals surface area contributed by atoms with Gasteiger partial charge in [0.2, 0.25) is 0 Å². The van der Waals surface area contributed by atoms with E-state index in [1.165, 1.54) is 6.07 Å². The Labute approximate surface area is 133 Å². The lowest BCUT2D eigenvalue weighted by Gasteiger charge is -2.08. The summed E-state index contributed by atoms with van der Waals surface area (Å²) in [6.07, 6.45) is 0. The monoisotopic (exact) mass is 343 g/mol. The van der Waals surface area contributed by atoms with Crippen molar-refractivity contribution < 1.29 is 27.5 Å². The SMILES string of the molecule is O=C(COC(=O)c1ccc(F)cc1F)Nc1cc(F)ccc1Cl. The van der Waals surface area contributed by atoms with E-state index in [1.807, 2.05) is 0 Å². The van der Waals surface area contributed by atoms with Crippen LogP contribution in [0.3, 0.4) is 0 Å². The number of benzene rings is 2. The minimum atomic E-state index is -1.14. The summed E-state index contributed by atoms with van der Waals surface area (Å²) in [6, 6.07) is 5.63. The molecule has 2 rings (SSSR count). The van der Waals surface area contributed by atoms with Gasteiger partial charge in [0.25, 0.3) is 5.91 Å². The van der Waals surface area contributed by atoms with Gasteiger partial charge in [0.05, 0.1) is 16.3 Å². The molecule has 0 saturated heterocycles. The van der Waals surface area contributed by atoms with E-state index in [4.69, 9.17) is 11.6 Å². The fourth-order valence-corrected chi connectivity index (χ4v) is 1.81. The molecule has 0 aliphatic carbocycles. The highest BCUT2D eigenvalue weighted by Crippen LogP contribution is 2.22. The zero-order chi connectivity index (χ0) is 17.0. The van der Waals surface area contributed by atoms with Gasteiger partial charge in [-0.25, -0.2) is 18.0 Å². The van der Waals surface area contributed by atoms with Gasteiger partial charge < -0.3 is 10.1 Å². The summed E-state index contributed by atoms with van der Waals surface area (Å²) in [5.41, 5.74) is -0.510. The van der Waals surface area contributed by atoms with E-state index in [2.05, 4.69) is 10.1 Å². The first kappa shape index (κ1) is 16.8. The van der Waals surface area contributed by atoms with Gasteiger partial charge in [-0.05, 0) is 30.3 Å². The fourth-order valence-electron chi connectivity index (χ4n) is 1.64. The van der Waals surface area contributed by atoms with Gasteiger partial charge in [0.15, 0.2) is 6.61 Å². The largest absolute Gasteiger partial charge is 0.452 e. The van der Waals surface area contributed by atoms with Crippen molar-refractivity contribution in [3.63, 3.8) is 0 Å². The number of halogens is 4. The summed E-state index contributed by atoms with van der Waals surface area (Å²) >= 11 is 5.76. The van der Waals surface area contributed by atoms with E-state index >= 15 is 0 Å². The Balaban J connectivity index is 1.96. The summed E-state index contributed by atoms with van der Waals surface area (Å²) in [6.45, 7) is -0.748. The molecule has 0 heterocycles. The van der Waals surface area contributed by atoms with E-state index < -0.39 is 41.5 Å². The standard InChI is InChI=1S/C15H9ClF3NO3/c16-11-4-2-9(18)6-13(11)20-14(21)7-23-15(22)10-3-1-8(17)5-12(10)19/h1-6H,7H2,(H,20,21). The van der Waals surface area contributed by atoms with Gasteiger partial charge in [-0.1, -0.05) is 11.6 Å². The number of hydrogen-bond donors (Lipinski definition) is 1. The minimum absolute atomic E-state index is 0.000628. The highest BCUT2D eigenvalue weighted by Gasteiger charge is 2.16. The van der Waals surface area contributed by atoms with Crippen LogP contribution in [0.15, 0.2) is 36.4 Å². The number of anilines is 1. The molecular weight excluding hydrogens is 335 g/mol. The molecule has 1 N–H and O–H groups in total. The summed E-state index contributed by atoms with van der Waals surface area (Å²) in [5, 5.41) is 2.33. The van der Waals surface area contributed by atoms with Crippen molar-refractivity contribution in [3.05, 3.63) is 64.4 Å². The molecule has 0 bridgehead atoms. The van der Waals surface area contributed by atoms with Gasteiger partial charge in [-0.15, -0.1) is 0 Å². The number of amides is 1. The number of hydrogen-bond acceptors (Lipinski definition) is 3. The van der Waals surface area contributed by atoms with Crippen LogP contribution in [0.2, 0.25) is 5.02 Å². The molecule has 0 spiro atoms. The Morgan fingerprint density at radius 2 is 1.70 bits per heavy atom. The third-order valence-corrected chi connectivity index (χ3v) is 3.02. The Kier molecular flexibility index (Phi) is 5.23. The second-order valence-corrected chi connectivity index (χ2v) is 4.78. The summed E-state index contributed by atoms with van der Waals surface area (Å²) in [5.74, 6) is -4.51. The van der Waals surface area contributed by atoms with Crippen LogP contribution in [0.1, 0.15) is 10.4 Å². The van der Waals surface area contributed by atoms with Crippen molar-refractivity contribution in [3.8, 4) is 0 Å². The normalized spacial score (nSPS) is 10.3. The second kappa shape index (κ2) is 7.15. The van der Waals surface area contributed by atoms with Gasteiger partial charge in [-0.3, -0.25) is 4.79 Å². The molecule has 23 heavy (non-hydrogen) atoms. The highest BCUT2D eigenvalue weighted by atomic mass is 35.5. The average Bonchev–Trinajstić information content (AvgIpc) is 2.48. The molecule has 0 atom stereocenters. The van der Waals surface area contributed by atoms with Crippen LogP contribution in [0.4, 0.5) is 18.9 Å². The molecule has 0 aliphatic rings. The van der Waals surface area contributed by atoms with Crippen LogP contribution in [0, 0.1) is 17.5 Å². The lowest BCUT2D eigenvalue weighted by atomic mass is 10.2. The van der Waals surface area contributed by atoms with Crippen molar-refractivity contribution in [2.45, 2.75) is 0 Å². The van der Waals surface area contributed by atoms with Crippen LogP contribution in [-0.2, 0) is 9.53 Å². The minimum Gasteiger partial charge on any atom is -0.452 e. The number of rotatable bonds is 4. The summed E-state index contributed by atoms with van der Waals surface area (Å²) in [4.78, 5) is 23.2. The van der Waals surface area contributed by atoms with Gasteiger partial charge in [0, 0.05) is 6.07 Å². The molecule has 1 amide bonds. The molecule has 2 aromatic rings. The fraction of sp³-hybridized carbons (Fsp3) is 0.0667. The lowest BCUT2D eigenvalue weighted by Crippen LogP contribution is -2.21. The first-order valence-electron chi connectivity index (χ1n) is 6.24. The lowest BCUT2D eigenvalue weighted by molar-refractivity contribution is -0.119.